The van der Waals surface area contributed by atoms with Gasteiger partial charge < -0.3 is 9.47 Å². The van der Waals surface area contributed by atoms with E-state index in [4.69, 9.17) is 9.47 Å². The van der Waals surface area contributed by atoms with Crippen LogP contribution in [0, 0.1) is 0 Å². The van der Waals surface area contributed by atoms with E-state index in [2.05, 4.69) is 0 Å². The molecule has 0 spiro atoms. The molecule has 0 saturated heterocycles. The monoisotopic (exact) mass is 292 g/mol. The summed E-state index contributed by atoms with van der Waals surface area (Å²) < 4.78 is 9.65. The van der Waals surface area contributed by atoms with E-state index >= 15 is 0 Å². The molecule has 0 aromatic rings. The fourth-order valence-electron chi connectivity index (χ4n) is 0.867. The topological polar surface area (TPSA) is 52.6 Å². The Kier molecular flexibility index (Phi) is 14.7. The number of unbranched alkanes of at least 4 members (excludes halogenated alkanes) is 2. The average molecular weight is 294 g/mol. The molecule has 94 valence electrons. The van der Waals surface area contributed by atoms with Crippen LogP contribution in [0.5, 0.6) is 0 Å². The zero-order valence-electron chi connectivity index (χ0n) is 10.7. The van der Waals surface area contributed by atoms with E-state index in [0.717, 1.165) is 37.8 Å². The number of carbonyl (C=O) groups is 2. The van der Waals surface area contributed by atoms with Crippen LogP contribution in [0.2, 0.25) is 0 Å². The zero-order valence-corrected chi connectivity index (χ0v) is 13.7. The molecular weight excluding hydrogens is 274 g/mol. The van der Waals surface area contributed by atoms with Crippen molar-refractivity contribution in [1.29, 1.82) is 0 Å². The van der Waals surface area contributed by atoms with Crippen molar-refractivity contribution >= 4 is 11.9 Å². The van der Waals surface area contributed by atoms with Crippen molar-refractivity contribution in [3.8, 4) is 0 Å². The second kappa shape index (κ2) is 13.4. The first-order valence-corrected chi connectivity index (χ1v) is 5.72. The van der Waals surface area contributed by atoms with Crippen molar-refractivity contribution in [2.75, 3.05) is 13.2 Å². The smallest absolute Gasteiger partial charge is 0.331 e. The molecule has 17 heavy (non-hydrogen) atoms. The molecule has 0 aliphatic carbocycles. The number of hydrogen-bond donors (Lipinski definition) is 0. The molecule has 0 atom stereocenters. The summed E-state index contributed by atoms with van der Waals surface area (Å²) in [5.41, 5.74) is 0. The first kappa shape index (κ1) is 18.7. The summed E-state index contributed by atoms with van der Waals surface area (Å²) in [4.78, 5) is 22.1. The van der Waals surface area contributed by atoms with Gasteiger partial charge in [0, 0.05) is 31.6 Å². The molecule has 0 aromatic heterocycles. The van der Waals surface area contributed by atoms with Crippen LogP contribution < -0.4 is 0 Å². The van der Waals surface area contributed by atoms with Gasteiger partial charge in [0.2, 0.25) is 0 Å². The van der Waals surface area contributed by atoms with Gasteiger partial charge in [-0.25, -0.2) is 9.59 Å². The minimum absolute atomic E-state index is 0. The van der Waals surface area contributed by atoms with Gasteiger partial charge in [-0.1, -0.05) is 26.7 Å². The number of ether oxygens (including phenoxy) is 2. The molecule has 0 N–H and O–H groups in total. The van der Waals surface area contributed by atoms with Crippen LogP contribution in [0.4, 0.5) is 0 Å². The van der Waals surface area contributed by atoms with E-state index < -0.39 is 11.9 Å². The Balaban J connectivity index is 0. The maximum atomic E-state index is 11.0. The molecule has 0 bridgehead atoms. The van der Waals surface area contributed by atoms with Gasteiger partial charge in [-0.2, -0.15) is 0 Å². The molecule has 0 amide bonds. The fourth-order valence-corrected chi connectivity index (χ4v) is 0.867. The van der Waals surface area contributed by atoms with E-state index in [9.17, 15) is 9.59 Å². The fraction of sp³-hybridized carbons (Fsp3) is 0.667. The molecule has 0 rings (SSSR count). The quantitative estimate of drug-likeness (QED) is 0.298. The summed E-state index contributed by atoms with van der Waals surface area (Å²) in [7, 11) is 0. The van der Waals surface area contributed by atoms with Crippen LogP contribution in [-0.2, 0) is 38.5 Å². The SMILES string of the molecule is CCCCOC(=O)/C=C\C(=O)OCCCC.[Zn]. The summed E-state index contributed by atoms with van der Waals surface area (Å²) in [6.45, 7) is 4.80. The first-order chi connectivity index (χ1) is 7.70. The molecule has 0 heterocycles. The Hall–Kier alpha value is -0.697. The second-order valence-corrected chi connectivity index (χ2v) is 3.38. The molecule has 0 saturated carbocycles. The van der Waals surface area contributed by atoms with Crippen LogP contribution in [-0.4, -0.2) is 25.2 Å². The zero-order chi connectivity index (χ0) is 12.2. The molecule has 0 aliphatic heterocycles. The van der Waals surface area contributed by atoms with Crippen LogP contribution in [0.3, 0.4) is 0 Å². The van der Waals surface area contributed by atoms with Gasteiger partial charge in [0.1, 0.15) is 0 Å². The van der Waals surface area contributed by atoms with Gasteiger partial charge in [0.25, 0.3) is 0 Å². The van der Waals surface area contributed by atoms with Gasteiger partial charge in [-0.15, -0.1) is 0 Å². The summed E-state index contributed by atoms with van der Waals surface area (Å²) >= 11 is 0. The van der Waals surface area contributed by atoms with E-state index in [-0.39, 0.29) is 19.5 Å². The van der Waals surface area contributed by atoms with Gasteiger partial charge in [0.05, 0.1) is 13.2 Å². The van der Waals surface area contributed by atoms with Crippen molar-refractivity contribution in [2.45, 2.75) is 39.5 Å². The summed E-state index contributed by atoms with van der Waals surface area (Å²) in [5.74, 6) is -0.998. The standard InChI is InChI=1S/C12H20O4.Zn/c1-3-5-9-15-11(13)7-8-12(14)16-10-6-4-2;/h7-8H,3-6,9-10H2,1-2H3;/b8-7-;. The summed E-state index contributed by atoms with van der Waals surface area (Å²) in [6, 6.07) is 0. The molecule has 5 heteroatoms. The van der Waals surface area contributed by atoms with Crippen LogP contribution in [0.25, 0.3) is 0 Å². The number of carbonyl (C=O) groups excluding carboxylic acids is 2. The Morgan fingerprint density at radius 3 is 1.53 bits per heavy atom. The average Bonchev–Trinajstić information content (AvgIpc) is 2.27. The van der Waals surface area contributed by atoms with Gasteiger partial charge >= 0.3 is 11.9 Å². The predicted molar refractivity (Wildman–Crippen MR) is 60.9 cm³/mol. The van der Waals surface area contributed by atoms with Crippen molar-refractivity contribution < 1.29 is 38.5 Å². The van der Waals surface area contributed by atoms with Gasteiger partial charge in [0.15, 0.2) is 0 Å². The van der Waals surface area contributed by atoms with E-state index in [1.807, 2.05) is 13.8 Å². The Morgan fingerprint density at radius 2 is 1.24 bits per heavy atom. The number of esters is 2. The predicted octanol–water partition coefficient (Wildman–Crippen LogP) is 2.23. The third-order valence-corrected chi connectivity index (χ3v) is 1.84. The normalized spacial score (nSPS) is 9.76. The van der Waals surface area contributed by atoms with Crippen molar-refractivity contribution in [3.63, 3.8) is 0 Å². The minimum atomic E-state index is -0.499. The molecule has 0 fully saturated rings. The third-order valence-electron chi connectivity index (χ3n) is 1.84. The molecule has 4 nitrogen and oxygen atoms in total. The largest absolute Gasteiger partial charge is 0.463 e. The third kappa shape index (κ3) is 13.2. The van der Waals surface area contributed by atoms with Crippen LogP contribution in [0.15, 0.2) is 12.2 Å². The Bertz CT molecular complexity index is 215. The van der Waals surface area contributed by atoms with Crippen molar-refractivity contribution in [2.24, 2.45) is 0 Å². The van der Waals surface area contributed by atoms with Crippen LogP contribution in [0.1, 0.15) is 39.5 Å². The molecule has 0 unspecified atom stereocenters. The maximum absolute atomic E-state index is 11.0. The molecular formula is C12H20O4Zn. The molecule has 0 radical (unpaired) electrons. The van der Waals surface area contributed by atoms with E-state index in [1.54, 1.807) is 0 Å². The molecule has 0 aromatic carbocycles. The first-order valence-electron chi connectivity index (χ1n) is 5.72. The van der Waals surface area contributed by atoms with Gasteiger partial charge in [-0.05, 0) is 12.8 Å². The summed E-state index contributed by atoms with van der Waals surface area (Å²) in [5, 5.41) is 0. The summed E-state index contributed by atoms with van der Waals surface area (Å²) in [6.07, 6.45) is 5.81. The van der Waals surface area contributed by atoms with E-state index in [0.29, 0.717) is 13.2 Å². The minimum Gasteiger partial charge on any atom is -0.463 e. The maximum Gasteiger partial charge on any atom is 0.331 e. The van der Waals surface area contributed by atoms with E-state index in [1.165, 1.54) is 0 Å². The Labute approximate surface area is 115 Å². The van der Waals surface area contributed by atoms with Crippen LogP contribution >= 0.6 is 0 Å². The second-order valence-electron chi connectivity index (χ2n) is 3.38. The molecule has 0 aliphatic rings. The number of rotatable bonds is 8. The Morgan fingerprint density at radius 1 is 0.882 bits per heavy atom. The number of hydrogen-bond acceptors (Lipinski definition) is 4. The van der Waals surface area contributed by atoms with Crippen molar-refractivity contribution in [3.05, 3.63) is 12.2 Å². The van der Waals surface area contributed by atoms with Crippen molar-refractivity contribution in [1.82, 2.24) is 0 Å². The van der Waals surface area contributed by atoms with Gasteiger partial charge in [-0.3, -0.25) is 0 Å².